The lowest BCUT2D eigenvalue weighted by atomic mass is 9.98. The van der Waals surface area contributed by atoms with Crippen molar-refractivity contribution in [1.82, 2.24) is 10.2 Å². The molecule has 1 heterocycles. The molecule has 0 aromatic rings. The van der Waals surface area contributed by atoms with Crippen molar-refractivity contribution >= 4 is 12.0 Å². The van der Waals surface area contributed by atoms with Crippen LogP contribution >= 0.6 is 0 Å². The number of carbonyl (C=O) groups is 2. The SMILES string of the molecule is CC1CCCC1CNC(=O)N1CCCCC1CC(=O)O. The summed E-state index contributed by atoms with van der Waals surface area (Å²) in [5.41, 5.74) is 0. The molecule has 0 aromatic carbocycles. The number of carbonyl (C=O) groups excluding carboxylic acids is 1. The quantitative estimate of drug-likeness (QED) is 0.832. The number of carboxylic acids is 1. The number of amides is 2. The smallest absolute Gasteiger partial charge is 0.317 e. The molecule has 2 N–H and O–H groups in total. The summed E-state index contributed by atoms with van der Waals surface area (Å²) in [6.07, 6.45) is 6.57. The molecule has 20 heavy (non-hydrogen) atoms. The number of nitrogens with one attached hydrogen (secondary N) is 1. The lowest BCUT2D eigenvalue weighted by Gasteiger charge is -2.35. The molecule has 5 heteroatoms. The van der Waals surface area contributed by atoms with Gasteiger partial charge in [-0.05, 0) is 37.5 Å². The Bertz CT molecular complexity index is 359. The monoisotopic (exact) mass is 282 g/mol. The summed E-state index contributed by atoms with van der Waals surface area (Å²) in [5, 5.41) is 12.0. The minimum Gasteiger partial charge on any atom is -0.481 e. The summed E-state index contributed by atoms with van der Waals surface area (Å²) < 4.78 is 0. The molecule has 1 aliphatic carbocycles. The fourth-order valence-corrected chi connectivity index (χ4v) is 3.53. The Morgan fingerprint density at radius 2 is 2.00 bits per heavy atom. The van der Waals surface area contributed by atoms with E-state index in [1.807, 2.05) is 0 Å². The molecule has 1 saturated heterocycles. The maximum Gasteiger partial charge on any atom is 0.317 e. The van der Waals surface area contributed by atoms with E-state index in [9.17, 15) is 9.59 Å². The molecule has 2 amide bonds. The van der Waals surface area contributed by atoms with Gasteiger partial charge in [0.05, 0.1) is 6.42 Å². The van der Waals surface area contributed by atoms with Crippen LogP contribution in [0.1, 0.15) is 51.9 Å². The third kappa shape index (κ3) is 3.87. The van der Waals surface area contributed by atoms with E-state index in [-0.39, 0.29) is 18.5 Å². The van der Waals surface area contributed by atoms with Crippen molar-refractivity contribution in [2.24, 2.45) is 11.8 Å². The van der Waals surface area contributed by atoms with E-state index in [4.69, 9.17) is 5.11 Å². The highest BCUT2D eigenvalue weighted by molar-refractivity contribution is 5.76. The fraction of sp³-hybridized carbons (Fsp3) is 0.867. The number of rotatable bonds is 4. The average Bonchev–Trinajstić information content (AvgIpc) is 2.81. The Balaban J connectivity index is 1.84. The van der Waals surface area contributed by atoms with E-state index in [0.29, 0.717) is 18.4 Å². The first-order valence-corrected chi connectivity index (χ1v) is 7.84. The second-order valence-electron chi connectivity index (χ2n) is 6.30. The second kappa shape index (κ2) is 6.95. The summed E-state index contributed by atoms with van der Waals surface area (Å²) in [6, 6.07) is -0.211. The van der Waals surface area contributed by atoms with Gasteiger partial charge in [-0.1, -0.05) is 19.8 Å². The topological polar surface area (TPSA) is 69.6 Å². The van der Waals surface area contributed by atoms with Crippen molar-refractivity contribution in [2.75, 3.05) is 13.1 Å². The molecule has 0 spiro atoms. The summed E-state index contributed by atoms with van der Waals surface area (Å²) in [5.74, 6) is 0.451. The third-order valence-corrected chi connectivity index (χ3v) is 4.85. The van der Waals surface area contributed by atoms with Crippen LogP contribution in [0.25, 0.3) is 0 Å². The maximum absolute atomic E-state index is 12.3. The van der Waals surface area contributed by atoms with E-state index >= 15 is 0 Å². The van der Waals surface area contributed by atoms with Gasteiger partial charge in [-0.3, -0.25) is 4.79 Å². The molecule has 2 aliphatic rings. The van der Waals surface area contributed by atoms with Gasteiger partial charge in [0.15, 0.2) is 0 Å². The number of hydrogen-bond donors (Lipinski definition) is 2. The summed E-state index contributed by atoms with van der Waals surface area (Å²) in [7, 11) is 0. The van der Waals surface area contributed by atoms with Crippen LogP contribution in [0.5, 0.6) is 0 Å². The number of hydrogen-bond acceptors (Lipinski definition) is 2. The molecule has 0 bridgehead atoms. The van der Waals surface area contributed by atoms with E-state index in [1.165, 1.54) is 19.3 Å². The minimum absolute atomic E-state index is 0.0627. The van der Waals surface area contributed by atoms with E-state index in [0.717, 1.165) is 25.8 Å². The first kappa shape index (κ1) is 15.1. The van der Waals surface area contributed by atoms with Crippen molar-refractivity contribution in [3.63, 3.8) is 0 Å². The molecule has 1 saturated carbocycles. The maximum atomic E-state index is 12.3. The summed E-state index contributed by atoms with van der Waals surface area (Å²) >= 11 is 0. The Labute approximate surface area is 120 Å². The lowest BCUT2D eigenvalue weighted by Crippen LogP contribution is -2.50. The van der Waals surface area contributed by atoms with Gasteiger partial charge < -0.3 is 15.3 Å². The van der Waals surface area contributed by atoms with Crippen molar-refractivity contribution in [1.29, 1.82) is 0 Å². The van der Waals surface area contributed by atoms with E-state index in [1.54, 1.807) is 4.90 Å². The predicted molar refractivity (Wildman–Crippen MR) is 76.5 cm³/mol. The van der Waals surface area contributed by atoms with Crippen LogP contribution in [-0.2, 0) is 4.79 Å². The molecular formula is C15H26N2O3. The summed E-state index contributed by atoms with van der Waals surface area (Å²) in [6.45, 7) is 3.66. The number of piperidine rings is 1. The van der Waals surface area contributed by atoms with Gasteiger partial charge in [0.25, 0.3) is 0 Å². The standard InChI is InChI=1S/C15H26N2O3/c1-11-5-4-6-12(11)10-16-15(20)17-8-3-2-7-13(17)9-14(18)19/h11-13H,2-10H2,1H3,(H,16,20)(H,18,19). The molecule has 2 fully saturated rings. The number of aliphatic carboxylic acids is 1. The highest BCUT2D eigenvalue weighted by Gasteiger charge is 2.29. The van der Waals surface area contributed by atoms with Crippen LogP contribution in [0.2, 0.25) is 0 Å². The average molecular weight is 282 g/mol. The van der Waals surface area contributed by atoms with Crippen LogP contribution in [0, 0.1) is 11.8 Å². The van der Waals surface area contributed by atoms with Crippen molar-refractivity contribution < 1.29 is 14.7 Å². The highest BCUT2D eigenvalue weighted by Crippen LogP contribution is 2.30. The summed E-state index contributed by atoms with van der Waals surface area (Å²) in [4.78, 5) is 24.9. The van der Waals surface area contributed by atoms with E-state index in [2.05, 4.69) is 12.2 Å². The Hall–Kier alpha value is -1.26. The van der Waals surface area contributed by atoms with Crippen LogP contribution in [-0.4, -0.2) is 41.1 Å². The van der Waals surface area contributed by atoms with Gasteiger partial charge in [0.2, 0.25) is 0 Å². The van der Waals surface area contributed by atoms with Gasteiger partial charge in [0.1, 0.15) is 0 Å². The first-order chi connectivity index (χ1) is 9.58. The van der Waals surface area contributed by atoms with Crippen LogP contribution in [0.3, 0.4) is 0 Å². The highest BCUT2D eigenvalue weighted by atomic mass is 16.4. The van der Waals surface area contributed by atoms with Gasteiger partial charge in [-0.2, -0.15) is 0 Å². The van der Waals surface area contributed by atoms with Gasteiger partial charge in [-0.15, -0.1) is 0 Å². The molecule has 5 nitrogen and oxygen atoms in total. The first-order valence-electron chi connectivity index (χ1n) is 7.84. The van der Waals surface area contributed by atoms with Gasteiger partial charge >= 0.3 is 12.0 Å². The molecule has 3 unspecified atom stereocenters. The Morgan fingerprint density at radius 3 is 2.65 bits per heavy atom. The molecule has 114 valence electrons. The predicted octanol–water partition coefficient (Wildman–Crippen LogP) is 2.46. The van der Waals surface area contributed by atoms with E-state index < -0.39 is 5.97 Å². The van der Waals surface area contributed by atoms with Crippen molar-refractivity contribution in [2.45, 2.75) is 57.9 Å². The lowest BCUT2D eigenvalue weighted by molar-refractivity contribution is -0.138. The zero-order chi connectivity index (χ0) is 14.5. The zero-order valence-corrected chi connectivity index (χ0v) is 12.3. The number of carboxylic acid groups (broad SMARTS) is 1. The number of likely N-dealkylation sites (tertiary alicyclic amines) is 1. The van der Waals surface area contributed by atoms with Gasteiger partial charge in [0, 0.05) is 19.1 Å². The zero-order valence-electron chi connectivity index (χ0n) is 12.3. The number of urea groups is 1. The molecular weight excluding hydrogens is 256 g/mol. The van der Waals surface area contributed by atoms with Crippen molar-refractivity contribution in [3.8, 4) is 0 Å². The number of nitrogens with zero attached hydrogens (tertiary/aromatic N) is 1. The molecule has 3 atom stereocenters. The fourth-order valence-electron chi connectivity index (χ4n) is 3.53. The van der Waals surface area contributed by atoms with Crippen LogP contribution in [0.4, 0.5) is 4.79 Å². The molecule has 0 radical (unpaired) electrons. The molecule has 1 aliphatic heterocycles. The van der Waals surface area contributed by atoms with Gasteiger partial charge in [-0.25, -0.2) is 4.79 Å². The molecule has 0 aromatic heterocycles. The second-order valence-corrected chi connectivity index (χ2v) is 6.30. The minimum atomic E-state index is -0.820. The third-order valence-electron chi connectivity index (χ3n) is 4.85. The largest absolute Gasteiger partial charge is 0.481 e. The van der Waals surface area contributed by atoms with Crippen LogP contribution in [0.15, 0.2) is 0 Å². The molecule has 2 rings (SSSR count). The Morgan fingerprint density at radius 1 is 1.20 bits per heavy atom. The van der Waals surface area contributed by atoms with Crippen molar-refractivity contribution in [3.05, 3.63) is 0 Å². The van der Waals surface area contributed by atoms with Crippen LogP contribution < -0.4 is 5.32 Å². The Kier molecular flexibility index (Phi) is 5.26. The normalized spacial score (nSPS) is 30.2.